The fourth-order valence-corrected chi connectivity index (χ4v) is 8.39. The predicted molar refractivity (Wildman–Crippen MR) is 133 cm³/mol. The molecule has 2 N–H and O–H groups in total. The van der Waals surface area contributed by atoms with Crippen LogP contribution in [0.3, 0.4) is 0 Å². The molecule has 4 saturated heterocycles. The van der Waals surface area contributed by atoms with Crippen LogP contribution in [0, 0.1) is 10.8 Å². The smallest absolute Gasteiger partial charge is 0.338 e. The molecule has 1 saturated carbocycles. The van der Waals surface area contributed by atoms with E-state index >= 15 is 0 Å². The third-order valence-corrected chi connectivity index (χ3v) is 10.8. The molecule has 7 aliphatic rings. The van der Waals surface area contributed by atoms with E-state index in [-0.39, 0.29) is 32.3 Å². The lowest BCUT2D eigenvalue weighted by molar-refractivity contribution is -0.232. The molecule has 4 bridgehead atoms. The summed E-state index contributed by atoms with van der Waals surface area (Å²) in [5, 5.41) is 20.6. The zero-order chi connectivity index (χ0) is 27.9. The van der Waals surface area contributed by atoms with Gasteiger partial charge in [0, 0.05) is 24.0 Å². The van der Waals surface area contributed by atoms with Gasteiger partial charge in [0.25, 0.3) is 0 Å². The molecule has 40 heavy (non-hydrogen) atoms. The standard InChI is InChI=1S/C29H34O11/c1-26-18-12-20(29(26)15-37-29)38-19-10-16(13-30)5-8-27(19,26)14-35-22(32)11-17-6-9-36-28(7-3-2-4-21(31)39-18)23(33)25(34)40-24(17)28/h2,4,10-11,18-20,23-24,30,33H,3,5-9,12-15H2,1H3/b4-2-,17-11-/t18-,19-,20-,23+,24-,26+,27-,28-,29-/m1/s1. The number of allylic oxidation sites excluding steroid dienone is 1. The zero-order valence-electron chi connectivity index (χ0n) is 22.3. The molecule has 11 nitrogen and oxygen atoms in total. The Morgan fingerprint density at radius 1 is 1.02 bits per heavy atom. The number of rotatable bonds is 1. The lowest BCUT2D eigenvalue weighted by Crippen LogP contribution is -2.66. The fourth-order valence-electron chi connectivity index (χ4n) is 8.39. The maximum atomic E-state index is 13.4. The van der Waals surface area contributed by atoms with Crippen molar-refractivity contribution in [2.24, 2.45) is 10.8 Å². The molecule has 0 aromatic rings. The van der Waals surface area contributed by atoms with Gasteiger partial charge in [-0.25, -0.2) is 14.4 Å². The van der Waals surface area contributed by atoms with E-state index in [1.807, 2.05) is 6.08 Å². The lowest BCUT2D eigenvalue weighted by Gasteiger charge is -2.58. The molecule has 5 heterocycles. The lowest BCUT2D eigenvalue weighted by atomic mass is 9.51. The number of carbonyl (C=O) groups is 3. The Labute approximate surface area is 231 Å². The van der Waals surface area contributed by atoms with Crippen LogP contribution in [0.15, 0.2) is 35.5 Å². The topological polar surface area (TPSA) is 150 Å². The summed E-state index contributed by atoms with van der Waals surface area (Å²) in [6.45, 7) is 2.58. The summed E-state index contributed by atoms with van der Waals surface area (Å²) in [4.78, 5) is 38.9. The van der Waals surface area contributed by atoms with Gasteiger partial charge in [0.1, 0.15) is 23.9 Å². The molecule has 0 radical (unpaired) electrons. The number of hydrogen-bond acceptors (Lipinski definition) is 11. The molecule has 9 atom stereocenters. The van der Waals surface area contributed by atoms with Crippen LogP contribution in [0.1, 0.15) is 45.4 Å². The molecule has 2 aliphatic carbocycles. The van der Waals surface area contributed by atoms with Crippen molar-refractivity contribution in [1.82, 2.24) is 0 Å². The van der Waals surface area contributed by atoms with E-state index in [0.29, 0.717) is 44.3 Å². The van der Waals surface area contributed by atoms with E-state index in [0.717, 1.165) is 5.57 Å². The average Bonchev–Trinajstić information content (AvgIpc) is 3.68. The van der Waals surface area contributed by atoms with Crippen molar-refractivity contribution in [1.29, 1.82) is 0 Å². The Kier molecular flexibility index (Phi) is 5.90. The minimum atomic E-state index is -1.52. The van der Waals surface area contributed by atoms with Crippen molar-refractivity contribution in [3.05, 3.63) is 35.5 Å². The van der Waals surface area contributed by atoms with Crippen LogP contribution in [0.25, 0.3) is 0 Å². The largest absolute Gasteiger partial charge is 0.462 e. The molecular weight excluding hydrogens is 524 g/mol. The Morgan fingerprint density at radius 3 is 2.62 bits per heavy atom. The Morgan fingerprint density at radius 2 is 1.85 bits per heavy atom. The van der Waals surface area contributed by atoms with E-state index in [1.165, 1.54) is 12.2 Å². The van der Waals surface area contributed by atoms with Crippen LogP contribution in [-0.4, -0.2) is 96.3 Å². The van der Waals surface area contributed by atoms with E-state index < -0.39 is 64.4 Å². The Balaban J connectivity index is 1.30. The summed E-state index contributed by atoms with van der Waals surface area (Å²) in [7, 11) is 0. The van der Waals surface area contributed by atoms with E-state index in [4.69, 9.17) is 28.4 Å². The first-order valence-electron chi connectivity index (χ1n) is 14.1. The minimum Gasteiger partial charge on any atom is -0.462 e. The van der Waals surface area contributed by atoms with Crippen molar-refractivity contribution < 1.29 is 53.0 Å². The molecule has 0 unspecified atom stereocenters. The number of cyclic esters (lactones) is 1. The summed E-state index contributed by atoms with van der Waals surface area (Å²) in [5.74, 6) is -1.94. The minimum absolute atomic E-state index is 0.0254. The summed E-state index contributed by atoms with van der Waals surface area (Å²) in [5.41, 5.74) is -2.17. The van der Waals surface area contributed by atoms with Crippen LogP contribution >= 0.6 is 0 Å². The molecule has 2 spiro atoms. The third kappa shape index (κ3) is 3.38. The number of epoxide rings is 1. The second kappa shape index (κ2) is 8.96. The van der Waals surface area contributed by atoms with Gasteiger partial charge in [0.05, 0.1) is 37.4 Å². The molecule has 7 rings (SSSR count). The summed E-state index contributed by atoms with van der Waals surface area (Å²) >= 11 is 0. The number of aliphatic hydroxyl groups excluding tert-OH is 2. The molecule has 216 valence electrons. The SMILES string of the molecule is C[C@]12[C@H]3C[C@@H](O[C@@H]4C=C(CO)CC[C@@]41COC(=O)/C=C1/CCO[C@@]4(CC/C=C\C(=O)O3)[C@@H]1OC(=O)[C@@H]4O)[C@]21CO1. The summed E-state index contributed by atoms with van der Waals surface area (Å²) in [6, 6.07) is 0. The number of ether oxygens (including phenoxy) is 6. The molecule has 0 amide bonds. The molecule has 5 aliphatic heterocycles. The van der Waals surface area contributed by atoms with E-state index in [9.17, 15) is 24.6 Å². The number of esters is 3. The highest BCUT2D eigenvalue weighted by molar-refractivity contribution is 5.85. The van der Waals surface area contributed by atoms with Gasteiger partial charge in [-0.1, -0.05) is 19.1 Å². The van der Waals surface area contributed by atoms with Crippen molar-refractivity contribution in [2.45, 2.75) is 87.2 Å². The molecular formula is C29H34O11. The van der Waals surface area contributed by atoms with Crippen molar-refractivity contribution in [2.75, 3.05) is 26.4 Å². The average molecular weight is 559 g/mol. The second-order valence-electron chi connectivity index (χ2n) is 12.3. The summed E-state index contributed by atoms with van der Waals surface area (Å²) < 4.78 is 36.2. The van der Waals surface area contributed by atoms with Crippen LogP contribution in [0.2, 0.25) is 0 Å². The number of hydrogen-bond donors (Lipinski definition) is 2. The quantitative estimate of drug-likeness (QED) is 0.204. The van der Waals surface area contributed by atoms with Crippen molar-refractivity contribution >= 4 is 17.9 Å². The first kappa shape index (κ1) is 26.3. The zero-order valence-corrected chi connectivity index (χ0v) is 22.3. The maximum absolute atomic E-state index is 13.4. The predicted octanol–water partition coefficient (Wildman–Crippen LogP) is 0.809. The van der Waals surface area contributed by atoms with Crippen LogP contribution in [0.4, 0.5) is 0 Å². The van der Waals surface area contributed by atoms with Crippen LogP contribution < -0.4 is 0 Å². The molecule has 0 aromatic carbocycles. The normalized spacial score (nSPS) is 50.0. The molecule has 5 fully saturated rings. The number of carbonyl (C=O) groups excluding carboxylic acids is 3. The van der Waals surface area contributed by atoms with Gasteiger partial charge in [-0.3, -0.25) is 0 Å². The van der Waals surface area contributed by atoms with Gasteiger partial charge in [-0.2, -0.15) is 0 Å². The monoisotopic (exact) mass is 558 g/mol. The summed E-state index contributed by atoms with van der Waals surface area (Å²) in [6.07, 6.45) is 4.86. The second-order valence-corrected chi connectivity index (χ2v) is 12.3. The van der Waals surface area contributed by atoms with E-state index in [1.54, 1.807) is 6.08 Å². The fraction of sp³-hybridized carbons (Fsp3) is 0.690. The Hall–Kier alpha value is -2.57. The first-order valence-corrected chi connectivity index (χ1v) is 14.1. The van der Waals surface area contributed by atoms with Crippen LogP contribution in [0.5, 0.6) is 0 Å². The van der Waals surface area contributed by atoms with E-state index in [2.05, 4.69) is 6.92 Å². The third-order valence-electron chi connectivity index (χ3n) is 10.8. The highest BCUT2D eigenvalue weighted by Crippen LogP contribution is 2.72. The highest BCUT2D eigenvalue weighted by atomic mass is 16.6. The molecule has 11 heteroatoms. The van der Waals surface area contributed by atoms with Crippen molar-refractivity contribution in [3.63, 3.8) is 0 Å². The van der Waals surface area contributed by atoms with Gasteiger partial charge in [0.2, 0.25) is 0 Å². The van der Waals surface area contributed by atoms with Crippen molar-refractivity contribution in [3.8, 4) is 0 Å². The van der Waals surface area contributed by atoms with Gasteiger partial charge >= 0.3 is 17.9 Å². The first-order chi connectivity index (χ1) is 19.2. The number of aliphatic hydroxyl groups is 2. The van der Waals surface area contributed by atoms with Gasteiger partial charge in [0.15, 0.2) is 12.2 Å². The maximum Gasteiger partial charge on any atom is 0.338 e. The Bertz CT molecular complexity index is 1230. The van der Waals surface area contributed by atoms with Crippen LogP contribution in [-0.2, 0) is 42.8 Å². The van der Waals surface area contributed by atoms with Gasteiger partial charge in [-0.15, -0.1) is 0 Å². The van der Waals surface area contributed by atoms with Gasteiger partial charge in [-0.05, 0) is 43.3 Å². The molecule has 0 aromatic heterocycles. The highest BCUT2D eigenvalue weighted by Gasteiger charge is 2.83. The van der Waals surface area contributed by atoms with Gasteiger partial charge < -0.3 is 38.6 Å².